The fourth-order valence-electron chi connectivity index (χ4n) is 3.65. The SMILES string of the molecule is CCOc1ccc([C@H](CNC(=O)Cc2c(F)cccc2Cl)N2CCOCC2)cc1OC. The Bertz CT molecular complexity index is 870. The normalized spacial score (nSPS) is 15.4. The highest BCUT2D eigenvalue weighted by Crippen LogP contribution is 2.32. The molecule has 8 heteroatoms. The summed E-state index contributed by atoms with van der Waals surface area (Å²) in [6.45, 7) is 5.57. The van der Waals surface area contributed by atoms with E-state index >= 15 is 0 Å². The van der Waals surface area contributed by atoms with Gasteiger partial charge in [-0.25, -0.2) is 4.39 Å². The minimum absolute atomic E-state index is 0.0893. The van der Waals surface area contributed by atoms with E-state index in [1.807, 2.05) is 25.1 Å². The number of carbonyl (C=O) groups excluding carboxylic acids is 1. The number of benzene rings is 2. The molecule has 1 aliphatic rings. The van der Waals surface area contributed by atoms with Gasteiger partial charge in [0.1, 0.15) is 5.82 Å². The summed E-state index contributed by atoms with van der Waals surface area (Å²) in [6.07, 6.45) is -0.117. The fourth-order valence-corrected chi connectivity index (χ4v) is 3.88. The molecule has 0 spiro atoms. The largest absolute Gasteiger partial charge is 0.493 e. The molecule has 2 aromatic rings. The van der Waals surface area contributed by atoms with Gasteiger partial charge in [-0.2, -0.15) is 0 Å². The van der Waals surface area contributed by atoms with E-state index < -0.39 is 5.82 Å². The van der Waals surface area contributed by atoms with Crippen LogP contribution in [0.1, 0.15) is 24.1 Å². The van der Waals surface area contributed by atoms with Gasteiger partial charge in [0.2, 0.25) is 5.91 Å². The van der Waals surface area contributed by atoms with Crippen molar-refractivity contribution in [3.8, 4) is 11.5 Å². The van der Waals surface area contributed by atoms with Crippen LogP contribution in [0.2, 0.25) is 5.02 Å². The number of halogens is 2. The molecule has 1 saturated heterocycles. The van der Waals surface area contributed by atoms with Crippen LogP contribution in [-0.4, -0.2) is 57.4 Å². The number of amides is 1. The first-order valence-corrected chi connectivity index (χ1v) is 10.7. The second kappa shape index (κ2) is 11.3. The first-order valence-electron chi connectivity index (χ1n) is 10.4. The van der Waals surface area contributed by atoms with Crippen molar-refractivity contribution in [2.45, 2.75) is 19.4 Å². The number of ether oxygens (including phenoxy) is 3. The first kappa shape index (κ1) is 23.3. The Morgan fingerprint density at radius 1 is 1.26 bits per heavy atom. The molecule has 1 heterocycles. The molecule has 0 aromatic heterocycles. The van der Waals surface area contributed by atoms with Gasteiger partial charge in [-0.15, -0.1) is 0 Å². The number of nitrogens with one attached hydrogen (secondary N) is 1. The zero-order valence-electron chi connectivity index (χ0n) is 17.8. The van der Waals surface area contributed by atoms with Gasteiger partial charge in [0.25, 0.3) is 0 Å². The highest BCUT2D eigenvalue weighted by atomic mass is 35.5. The summed E-state index contributed by atoms with van der Waals surface area (Å²) >= 11 is 6.06. The Morgan fingerprint density at radius 3 is 2.71 bits per heavy atom. The van der Waals surface area contributed by atoms with Crippen molar-refractivity contribution in [1.29, 1.82) is 0 Å². The standard InChI is InChI=1S/C23H28ClFN2O4/c1-3-31-21-8-7-16(13-22(21)29-2)20(27-9-11-30-12-10-27)15-26-23(28)14-17-18(24)5-4-6-19(17)25/h4-8,13,20H,3,9-12,14-15H2,1-2H3,(H,26,28)/t20-/m0/s1. The maximum Gasteiger partial charge on any atom is 0.224 e. The second-order valence-corrected chi connectivity index (χ2v) is 7.60. The maximum atomic E-state index is 14.0. The highest BCUT2D eigenvalue weighted by molar-refractivity contribution is 6.31. The van der Waals surface area contributed by atoms with Crippen molar-refractivity contribution in [3.05, 3.63) is 58.4 Å². The predicted molar refractivity (Wildman–Crippen MR) is 117 cm³/mol. The molecule has 6 nitrogen and oxygen atoms in total. The van der Waals surface area contributed by atoms with Gasteiger partial charge >= 0.3 is 0 Å². The molecule has 0 aliphatic carbocycles. The Balaban J connectivity index is 1.76. The van der Waals surface area contributed by atoms with E-state index in [9.17, 15) is 9.18 Å². The van der Waals surface area contributed by atoms with Crippen molar-refractivity contribution in [1.82, 2.24) is 10.2 Å². The summed E-state index contributed by atoms with van der Waals surface area (Å²) in [6, 6.07) is 10.1. The van der Waals surface area contributed by atoms with Gasteiger partial charge in [0.15, 0.2) is 11.5 Å². The van der Waals surface area contributed by atoms with Gasteiger partial charge in [-0.05, 0) is 36.8 Å². The zero-order valence-corrected chi connectivity index (χ0v) is 18.6. The molecule has 0 saturated carbocycles. The number of rotatable bonds is 9. The Morgan fingerprint density at radius 2 is 2.03 bits per heavy atom. The van der Waals surface area contributed by atoms with Crippen molar-refractivity contribution in [2.24, 2.45) is 0 Å². The third-order valence-electron chi connectivity index (χ3n) is 5.25. The molecular weight excluding hydrogens is 423 g/mol. The molecule has 1 atom stereocenters. The number of morpholine rings is 1. The number of nitrogens with zero attached hydrogens (tertiary/aromatic N) is 1. The first-order chi connectivity index (χ1) is 15.0. The average Bonchev–Trinajstić information content (AvgIpc) is 2.78. The van der Waals surface area contributed by atoms with Crippen molar-refractivity contribution < 1.29 is 23.4 Å². The van der Waals surface area contributed by atoms with Gasteiger partial charge in [-0.3, -0.25) is 9.69 Å². The lowest BCUT2D eigenvalue weighted by atomic mass is 10.0. The summed E-state index contributed by atoms with van der Waals surface area (Å²) in [5.74, 6) is 0.543. The molecule has 3 rings (SSSR count). The van der Waals surface area contributed by atoms with Gasteiger partial charge in [0.05, 0.1) is 39.4 Å². The average molecular weight is 451 g/mol. The van der Waals surface area contributed by atoms with E-state index in [0.717, 1.165) is 18.7 Å². The van der Waals surface area contributed by atoms with Crippen molar-refractivity contribution in [2.75, 3.05) is 46.6 Å². The molecule has 1 amide bonds. The smallest absolute Gasteiger partial charge is 0.224 e. The van der Waals surface area contributed by atoms with Crippen LogP contribution in [0.5, 0.6) is 11.5 Å². The van der Waals surface area contributed by atoms with Crippen LogP contribution in [0.3, 0.4) is 0 Å². The molecule has 1 N–H and O–H groups in total. The van der Waals surface area contributed by atoms with Crippen LogP contribution < -0.4 is 14.8 Å². The lowest BCUT2D eigenvalue weighted by Crippen LogP contribution is -2.44. The second-order valence-electron chi connectivity index (χ2n) is 7.19. The topological polar surface area (TPSA) is 60.0 Å². The number of carbonyl (C=O) groups is 1. The molecule has 0 radical (unpaired) electrons. The van der Waals surface area contributed by atoms with E-state index in [1.165, 1.54) is 12.1 Å². The number of hydrogen-bond donors (Lipinski definition) is 1. The summed E-state index contributed by atoms with van der Waals surface area (Å²) in [5, 5.41) is 3.19. The Labute approximate surface area is 187 Å². The molecule has 2 aromatic carbocycles. The monoisotopic (exact) mass is 450 g/mol. The van der Waals surface area contributed by atoms with Crippen LogP contribution in [0.25, 0.3) is 0 Å². The predicted octanol–water partition coefficient (Wildman–Crippen LogP) is 3.62. The zero-order chi connectivity index (χ0) is 22.2. The summed E-state index contributed by atoms with van der Waals surface area (Å²) in [4.78, 5) is 14.8. The summed E-state index contributed by atoms with van der Waals surface area (Å²) in [5.41, 5.74) is 1.19. The van der Waals surface area contributed by atoms with Gasteiger partial charge in [0, 0.05) is 30.2 Å². The van der Waals surface area contributed by atoms with Crippen LogP contribution in [-0.2, 0) is 16.0 Å². The summed E-state index contributed by atoms with van der Waals surface area (Å²) in [7, 11) is 1.60. The van der Waals surface area contributed by atoms with E-state index in [-0.39, 0.29) is 29.0 Å². The van der Waals surface area contributed by atoms with Crippen molar-refractivity contribution >= 4 is 17.5 Å². The molecule has 0 bridgehead atoms. The van der Waals surface area contributed by atoms with Crippen molar-refractivity contribution in [3.63, 3.8) is 0 Å². The number of hydrogen-bond acceptors (Lipinski definition) is 5. The number of methoxy groups -OCH3 is 1. The summed E-state index contributed by atoms with van der Waals surface area (Å²) < 4.78 is 30.6. The van der Waals surface area contributed by atoms with Crippen LogP contribution >= 0.6 is 11.6 Å². The van der Waals surface area contributed by atoms with E-state index in [4.69, 9.17) is 25.8 Å². The lowest BCUT2D eigenvalue weighted by Gasteiger charge is -2.35. The molecule has 168 valence electrons. The molecule has 1 aliphatic heterocycles. The minimum Gasteiger partial charge on any atom is -0.493 e. The van der Waals surface area contributed by atoms with Crippen LogP contribution in [0.4, 0.5) is 4.39 Å². The van der Waals surface area contributed by atoms with Crippen LogP contribution in [0.15, 0.2) is 36.4 Å². The van der Waals surface area contributed by atoms with E-state index in [0.29, 0.717) is 37.9 Å². The van der Waals surface area contributed by atoms with E-state index in [1.54, 1.807) is 13.2 Å². The van der Waals surface area contributed by atoms with Gasteiger partial charge < -0.3 is 19.5 Å². The third kappa shape index (κ3) is 6.09. The fraction of sp³-hybridized carbons (Fsp3) is 0.435. The van der Waals surface area contributed by atoms with E-state index in [2.05, 4.69) is 10.2 Å². The minimum atomic E-state index is -0.483. The van der Waals surface area contributed by atoms with Gasteiger partial charge in [-0.1, -0.05) is 23.7 Å². The molecular formula is C23H28ClFN2O4. The lowest BCUT2D eigenvalue weighted by molar-refractivity contribution is -0.120. The quantitative estimate of drug-likeness (QED) is 0.632. The molecule has 0 unspecified atom stereocenters. The third-order valence-corrected chi connectivity index (χ3v) is 5.60. The maximum absolute atomic E-state index is 14.0. The Hall–Kier alpha value is -2.35. The molecule has 31 heavy (non-hydrogen) atoms. The highest BCUT2D eigenvalue weighted by Gasteiger charge is 2.25. The van der Waals surface area contributed by atoms with Crippen LogP contribution in [0, 0.1) is 5.82 Å². The Kier molecular flexibility index (Phi) is 8.51. The molecule has 1 fully saturated rings.